The SMILES string of the molecule is CC(C(=O)C(C)C1CCC2=C(CCCC2)C1)C1CCC2=C(CCCC2)C1. The van der Waals surface area contributed by atoms with Crippen molar-refractivity contribution < 1.29 is 4.79 Å². The summed E-state index contributed by atoms with van der Waals surface area (Å²) in [6, 6.07) is 0. The van der Waals surface area contributed by atoms with Crippen molar-refractivity contribution in [3.05, 3.63) is 22.3 Å². The Hall–Kier alpha value is -0.850. The molecule has 0 aromatic carbocycles. The van der Waals surface area contributed by atoms with Crippen LogP contribution in [0.25, 0.3) is 0 Å². The number of carbonyl (C=O) groups is 1. The molecule has 0 radical (unpaired) electrons. The van der Waals surface area contributed by atoms with Crippen LogP contribution in [0.3, 0.4) is 0 Å². The highest BCUT2D eigenvalue weighted by atomic mass is 16.1. The van der Waals surface area contributed by atoms with Gasteiger partial charge in [-0.25, -0.2) is 0 Å². The van der Waals surface area contributed by atoms with E-state index in [1.165, 1.54) is 89.9 Å². The van der Waals surface area contributed by atoms with Gasteiger partial charge in [0.2, 0.25) is 0 Å². The normalized spacial score (nSPS) is 31.9. The number of Topliss-reactive ketones (excluding diaryl/α,β-unsaturated/α-hetero) is 1. The smallest absolute Gasteiger partial charge is 0.139 e. The Bertz CT molecular complexity index is 556. The lowest BCUT2D eigenvalue weighted by Crippen LogP contribution is -2.33. The van der Waals surface area contributed by atoms with E-state index in [0.29, 0.717) is 17.6 Å². The van der Waals surface area contributed by atoms with Crippen molar-refractivity contribution >= 4 is 5.78 Å². The maximum absolute atomic E-state index is 13.3. The van der Waals surface area contributed by atoms with E-state index in [0.717, 1.165) is 0 Å². The van der Waals surface area contributed by atoms with Crippen LogP contribution in [0.1, 0.15) is 104 Å². The van der Waals surface area contributed by atoms with Crippen molar-refractivity contribution in [2.24, 2.45) is 23.7 Å². The third kappa shape index (κ3) is 3.73. The molecule has 26 heavy (non-hydrogen) atoms. The van der Waals surface area contributed by atoms with Gasteiger partial charge in [0, 0.05) is 11.8 Å². The van der Waals surface area contributed by atoms with Crippen molar-refractivity contribution in [1.29, 1.82) is 0 Å². The predicted molar refractivity (Wildman–Crippen MR) is 109 cm³/mol. The molecule has 0 saturated heterocycles. The van der Waals surface area contributed by atoms with E-state index in [-0.39, 0.29) is 11.8 Å². The van der Waals surface area contributed by atoms with Crippen LogP contribution in [0, 0.1) is 23.7 Å². The molecule has 4 aliphatic carbocycles. The zero-order valence-electron chi connectivity index (χ0n) is 17.1. The van der Waals surface area contributed by atoms with Gasteiger partial charge in [-0.1, -0.05) is 36.1 Å². The summed E-state index contributed by atoms with van der Waals surface area (Å²) < 4.78 is 0. The topological polar surface area (TPSA) is 17.1 Å². The molecule has 0 aliphatic heterocycles. The molecule has 4 rings (SSSR count). The van der Waals surface area contributed by atoms with Gasteiger partial charge in [0.15, 0.2) is 0 Å². The van der Waals surface area contributed by atoms with Crippen molar-refractivity contribution in [3.63, 3.8) is 0 Å². The summed E-state index contributed by atoms with van der Waals surface area (Å²) in [5.41, 5.74) is 7.03. The highest BCUT2D eigenvalue weighted by molar-refractivity contribution is 5.83. The summed E-state index contributed by atoms with van der Waals surface area (Å²) in [5.74, 6) is 2.36. The Kier molecular flexibility index (Phi) is 5.72. The number of ketones is 1. The Balaban J connectivity index is 1.38. The Morgan fingerprint density at radius 3 is 1.46 bits per heavy atom. The lowest BCUT2D eigenvalue weighted by Gasteiger charge is -2.37. The number of hydrogen-bond acceptors (Lipinski definition) is 1. The first-order valence-electron chi connectivity index (χ1n) is 11.6. The molecule has 0 heterocycles. The molecule has 144 valence electrons. The molecule has 1 nitrogen and oxygen atoms in total. The van der Waals surface area contributed by atoms with E-state index < -0.39 is 0 Å². The molecule has 0 aromatic rings. The Morgan fingerprint density at radius 2 is 1.04 bits per heavy atom. The summed E-state index contributed by atoms with van der Waals surface area (Å²) in [6.07, 6.45) is 18.4. The van der Waals surface area contributed by atoms with Crippen molar-refractivity contribution in [2.45, 2.75) is 104 Å². The van der Waals surface area contributed by atoms with Crippen LogP contribution in [-0.4, -0.2) is 5.78 Å². The van der Waals surface area contributed by atoms with Gasteiger partial charge in [0.1, 0.15) is 5.78 Å². The van der Waals surface area contributed by atoms with Crippen LogP contribution in [0.5, 0.6) is 0 Å². The Labute approximate surface area is 160 Å². The van der Waals surface area contributed by atoms with E-state index >= 15 is 0 Å². The van der Waals surface area contributed by atoms with Gasteiger partial charge >= 0.3 is 0 Å². The largest absolute Gasteiger partial charge is 0.299 e. The molecule has 4 atom stereocenters. The second kappa shape index (κ2) is 8.03. The quantitative estimate of drug-likeness (QED) is 0.489. The summed E-state index contributed by atoms with van der Waals surface area (Å²) in [6.45, 7) is 4.51. The average Bonchev–Trinajstić information content (AvgIpc) is 2.71. The minimum atomic E-state index is 0.266. The number of hydrogen-bond donors (Lipinski definition) is 0. The highest BCUT2D eigenvalue weighted by Gasteiger charge is 2.36. The van der Waals surface area contributed by atoms with Crippen LogP contribution in [0.2, 0.25) is 0 Å². The van der Waals surface area contributed by atoms with E-state index in [4.69, 9.17) is 0 Å². The minimum absolute atomic E-state index is 0.266. The summed E-state index contributed by atoms with van der Waals surface area (Å²) in [5, 5.41) is 0. The minimum Gasteiger partial charge on any atom is -0.299 e. The van der Waals surface area contributed by atoms with E-state index in [2.05, 4.69) is 13.8 Å². The fourth-order valence-corrected chi connectivity index (χ4v) is 6.45. The zero-order chi connectivity index (χ0) is 18.1. The van der Waals surface area contributed by atoms with Gasteiger partial charge in [-0.05, 0) is 102 Å². The first kappa shape index (κ1) is 18.5. The molecule has 1 heteroatoms. The lowest BCUT2D eigenvalue weighted by molar-refractivity contribution is -0.129. The van der Waals surface area contributed by atoms with Crippen molar-refractivity contribution in [1.82, 2.24) is 0 Å². The molecule has 4 unspecified atom stereocenters. The van der Waals surface area contributed by atoms with Crippen molar-refractivity contribution in [2.75, 3.05) is 0 Å². The van der Waals surface area contributed by atoms with Gasteiger partial charge in [-0.15, -0.1) is 0 Å². The molecule has 4 aliphatic rings. The van der Waals surface area contributed by atoms with E-state index in [9.17, 15) is 4.79 Å². The predicted octanol–water partition coefficient (Wildman–Crippen LogP) is 7.17. The highest BCUT2D eigenvalue weighted by Crippen LogP contribution is 2.44. The third-order valence-corrected chi connectivity index (χ3v) is 8.38. The van der Waals surface area contributed by atoms with Crippen LogP contribution >= 0.6 is 0 Å². The molecule has 0 fully saturated rings. The first-order chi connectivity index (χ1) is 12.6. The maximum Gasteiger partial charge on any atom is 0.139 e. The monoisotopic (exact) mass is 354 g/mol. The average molecular weight is 355 g/mol. The second-order valence-corrected chi connectivity index (χ2v) is 9.81. The van der Waals surface area contributed by atoms with Gasteiger partial charge in [0.05, 0.1) is 0 Å². The second-order valence-electron chi connectivity index (χ2n) is 9.81. The van der Waals surface area contributed by atoms with Crippen molar-refractivity contribution in [3.8, 4) is 0 Å². The third-order valence-electron chi connectivity index (χ3n) is 8.38. The van der Waals surface area contributed by atoms with Gasteiger partial charge in [0.25, 0.3) is 0 Å². The fourth-order valence-electron chi connectivity index (χ4n) is 6.45. The molecule has 0 N–H and O–H groups in total. The van der Waals surface area contributed by atoms with Crippen LogP contribution in [0.4, 0.5) is 0 Å². The van der Waals surface area contributed by atoms with Crippen LogP contribution in [-0.2, 0) is 4.79 Å². The van der Waals surface area contributed by atoms with Crippen LogP contribution < -0.4 is 0 Å². The first-order valence-corrected chi connectivity index (χ1v) is 11.6. The molecule has 0 bridgehead atoms. The standard InChI is InChI=1S/C25H38O/c1-17(21-13-11-19-7-3-5-9-23(19)15-21)25(26)18(2)22-14-12-20-8-4-6-10-24(20)16-22/h17-18,21-22H,3-16H2,1-2H3. The number of rotatable bonds is 4. The number of allylic oxidation sites excluding steroid dienone is 4. The van der Waals surface area contributed by atoms with E-state index in [1.807, 2.05) is 0 Å². The maximum atomic E-state index is 13.3. The molecule has 0 amide bonds. The summed E-state index contributed by atoms with van der Waals surface area (Å²) in [7, 11) is 0. The zero-order valence-corrected chi connectivity index (χ0v) is 17.1. The molecule has 0 aromatic heterocycles. The van der Waals surface area contributed by atoms with Gasteiger partial charge in [-0.3, -0.25) is 4.79 Å². The number of carbonyl (C=O) groups excluding carboxylic acids is 1. The molecular weight excluding hydrogens is 316 g/mol. The summed E-state index contributed by atoms with van der Waals surface area (Å²) in [4.78, 5) is 13.3. The summed E-state index contributed by atoms with van der Waals surface area (Å²) >= 11 is 0. The van der Waals surface area contributed by atoms with Gasteiger partial charge < -0.3 is 0 Å². The fraction of sp³-hybridized carbons (Fsp3) is 0.800. The van der Waals surface area contributed by atoms with E-state index in [1.54, 1.807) is 22.3 Å². The lowest BCUT2D eigenvalue weighted by atomic mass is 9.67. The molecular formula is C25H38O. The van der Waals surface area contributed by atoms with Gasteiger partial charge in [-0.2, -0.15) is 0 Å². The molecule has 0 spiro atoms. The Morgan fingerprint density at radius 1 is 0.654 bits per heavy atom. The molecule has 0 saturated carbocycles. The van der Waals surface area contributed by atoms with Crippen LogP contribution in [0.15, 0.2) is 22.3 Å².